The molecule has 174 valence electrons. The number of benzene rings is 1. The highest BCUT2D eigenvalue weighted by atomic mass is 32.2. The maximum absolute atomic E-state index is 12.7. The van der Waals surface area contributed by atoms with E-state index in [-0.39, 0.29) is 18.0 Å². The van der Waals surface area contributed by atoms with Gasteiger partial charge in [-0.3, -0.25) is 4.98 Å². The van der Waals surface area contributed by atoms with E-state index in [1.165, 1.54) is 19.2 Å². The van der Waals surface area contributed by atoms with Crippen LogP contribution < -0.4 is 9.46 Å². The molecule has 0 amide bonds. The number of aromatic nitrogens is 6. The second kappa shape index (κ2) is 8.48. The molecule has 0 spiro atoms. The largest absolute Gasteiger partial charge is 0.494 e. The monoisotopic (exact) mass is 479 g/mol. The first-order valence-corrected chi connectivity index (χ1v) is 11.8. The predicted octanol–water partition coefficient (Wildman–Crippen LogP) is 1.72. The van der Waals surface area contributed by atoms with E-state index in [0.29, 0.717) is 28.3 Å². The molecule has 4 heterocycles. The Morgan fingerprint density at radius 2 is 2.03 bits per heavy atom. The van der Waals surface area contributed by atoms with E-state index in [2.05, 4.69) is 24.9 Å². The van der Waals surface area contributed by atoms with Crippen molar-refractivity contribution in [1.82, 2.24) is 34.1 Å². The average Bonchev–Trinajstić information content (AvgIpc) is 3.43. The first-order valence-electron chi connectivity index (χ1n) is 10.4. The Bertz CT molecular complexity index is 1630. The number of ether oxygens (including phenoxy) is 1. The molecule has 11 nitrogen and oxygen atoms in total. The molecule has 4 aromatic heterocycles. The average molecular weight is 480 g/mol. The third kappa shape index (κ3) is 3.67. The van der Waals surface area contributed by atoms with Gasteiger partial charge in [-0.2, -0.15) is 10.2 Å². The van der Waals surface area contributed by atoms with E-state index in [9.17, 15) is 8.42 Å². The molecule has 0 aliphatic carbocycles. The number of nitrogens with one attached hydrogen (secondary N) is 1. The number of sulfonamides is 1. The van der Waals surface area contributed by atoms with Gasteiger partial charge in [-0.15, -0.1) is 0 Å². The first-order chi connectivity index (χ1) is 16.4. The third-order valence-corrected chi connectivity index (χ3v) is 6.86. The van der Waals surface area contributed by atoms with Crippen molar-refractivity contribution in [2.24, 2.45) is 0 Å². The van der Waals surface area contributed by atoms with E-state index >= 15 is 0 Å². The first kappa shape index (κ1) is 21.9. The van der Waals surface area contributed by atoms with Crippen molar-refractivity contribution in [2.45, 2.75) is 11.8 Å². The zero-order valence-electron chi connectivity index (χ0n) is 18.4. The van der Waals surface area contributed by atoms with Crippen molar-refractivity contribution in [3.05, 3.63) is 60.8 Å². The molecule has 2 N–H and O–H groups in total. The van der Waals surface area contributed by atoms with Gasteiger partial charge in [0.15, 0.2) is 5.65 Å². The van der Waals surface area contributed by atoms with Crippen LogP contribution in [0.5, 0.6) is 5.75 Å². The number of aliphatic hydroxyl groups is 1. The van der Waals surface area contributed by atoms with E-state index in [0.717, 1.165) is 16.6 Å². The molecule has 0 aliphatic rings. The smallest absolute Gasteiger partial charge is 0.240 e. The Morgan fingerprint density at radius 3 is 2.82 bits per heavy atom. The maximum Gasteiger partial charge on any atom is 0.240 e. The van der Waals surface area contributed by atoms with Crippen molar-refractivity contribution in [3.63, 3.8) is 0 Å². The summed E-state index contributed by atoms with van der Waals surface area (Å²) < 4.78 is 36.5. The van der Waals surface area contributed by atoms with Crippen LogP contribution in [0.25, 0.3) is 33.5 Å². The molecule has 0 aliphatic heterocycles. The van der Waals surface area contributed by atoms with Crippen LogP contribution in [0.4, 0.5) is 0 Å². The van der Waals surface area contributed by atoms with Gasteiger partial charge in [-0.25, -0.2) is 27.3 Å². The standard InChI is InChI=1S/C22H21N7O4S/c1-14-16-12-24-18(17-13-25-28-8-3-6-23-22(17)28)11-19(16)29(27-14)20-10-15(4-5-21(20)33-2)34(31,32)26-7-9-30/h3-6,8,10-13,26,30H,7,9H2,1-2H3. The fraction of sp³-hybridized carbons (Fsp3) is 0.182. The van der Waals surface area contributed by atoms with Crippen LogP contribution in [0.15, 0.2) is 60.0 Å². The van der Waals surface area contributed by atoms with Crippen molar-refractivity contribution >= 4 is 26.6 Å². The van der Waals surface area contributed by atoms with Gasteiger partial charge < -0.3 is 9.84 Å². The SMILES string of the molecule is COc1ccc(S(=O)(=O)NCCO)cc1-n1nc(C)c2cnc(-c3cnn4cccnc34)cc21. The number of fused-ring (bicyclic) bond motifs is 2. The molecule has 34 heavy (non-hydrogen) atoms. The Hall–Kier alpha value is -3.87. The summed E-state index contributed by atoms with van der Waals surface area (Å²) in [4.78, 5) is 9.02. The molecule has 0 atom stereocenters. The van der Waals surface area contributed by atoms with Crippen LogP contribution in [0.3, 0.4) is 0 Å². The van der Waals surface area contributed by atoms with Crippen LogP contribution in [0.2, 0.25) is 0 Å². The number of aliphatic hydroxyl groups excluding tert-OH is 1. The van der Waals surface area contributed by atoms with E-state index in [1.807, 2.05) is 13.0 Å². The summed E-state index contributed by atoms with van der Waals surface area (Å²) in [5, 5.41) is 18.8. The van der Waals surface area contributed by atoms with Crippen molar-refractivity contribution in [1.29, 1.82) is 0 Å². The molecule has 0 saturated carbocycles. The van der Waals surface area contributed by atoms with Gasteiger partial charge >= 0.3 is 0 Å². The minimum absolute atomic E-state index is 0.0270. The minimum atomic E-state index is -3.83. The lowest BCUT2D eigenvalue weighted by molar-refractivity contribution is 0.301. The van der Waals surface area contributed by atoms with Crippen LogP contribution in [-0.4, -0.2) is 63.1 Å². The lowest BCUT2D eigenvalue weighted by Crippen LogP contribution is -2.26. The van der Waals surface area contributed by atoms with E-state index < -0.39 is 10.0 Å². The maximum atomic E-state index is 12.7. The molecule has 5 rings (SSSR count). The molecule has 0 radical (unpaired) electrons. The fourth-order valence-corrected chi connectivity index (χ4v) is 4.80. The fourth-order valence-electron chi connectivity index (χ4n) is 3.76. The number of hydrogen-bond acceptors (Lipinski definition) is 8. The third-order valence-electron chi connectivity index (χ3n) is 5.40. The van der Waals surface area contributed by atoms with E-state index in [1.54, 1.807) is 46.1 Å². The Kier molecular flexibility index (Phi) is 5.48. The van der Waals surface area contributed by atoms with Crippen LogP contribution in [0, 0.1) is 6.92 Å². The Labute approximate surface area is 194 Å². The lowest BCUT2D eigenvalue weighted by Gasteiger charge is -2.13. The normalized spacial score (nSPS) is 12.0. The number of aryl methyl sites for hydroxylation is 1. The molecule has 0 bridgehead atoms. The Balaban J connectivity index is 1.70. The topological polar surface area (TPSA) is 137 Å². The van der Waals surface area contributed by atoms with Crippen molar-refractivity contribution in [2.75, 3.05) is 20.3 Å². The van der Waals surface area contributed by atoms with Crippen molar-refractivity contribution < 1.29 is 18.3 Å². The number of methoxy groups -OCH3 is 1. The number of pyridine rings is 1. The van der Waals surface area contributed by atoms with Gasteiger partial charge in [0.2, 0.25) is 10.0 Å². The number of hydrogen-bond donors (Lipinski definition) is 2. The Morgan fingerprint density at radius 1 is 1.18 bits per heavy atom. The number of rotatable bonds is 7. The van der Waals surface area contributed by atoms with Crippen LogP contribution in [0.1, 0.15) is 5.69 Å². The second-order valence-electron chi connectivity index (χ2n) is 7.49. The summed E-state index contributed by atoms with van der Waals surface area (Å²) in [7, 11) is -2.32. The van der Waals surface area contributed by atoms with Gasteiger partial charge in [0.05, 0.1) is 47.3 Å². The molecule has 5 aromatic rings. The zero-order valence-corrected chi connectivity index (χ0v) is 19.2. The molecular weight excluding hydrogens is 458 g/mol. The van der Waals surface area contributed by atoms with Gasteiger partial charge in [0.1, 0.15) is 11.4 Å². The summed E-state index contributed by atoms with van der Waals surface area (Å²) in [6.45, 7) is 1.46. The summed E-state index contributed by atoms with van der Waals surface area (Å²) in [6.07, 6.45) is 6.92. The van der Waals surface area contributed by atoms with Crippen molar-refractivity contribution in [3.8, 4) is 22.7 Å². The van der Waals surface area contributed by atoms with Gasteiger partial charge in [0.25, 0.3) is 0 Å². The highest BCUT2D eigenvalue weighted by Crippen LogP contribution is 2.32. The van der Waals surface area contributed by atoms with Gasteiger partial charge in [0, 0.05) is 30.5 Å². The molecular formula is C22H21N7O4S. The summed E-state index contributed by atoms with van der Waals surface area (Å²) in [6, 6.07) is 8.16. The zero-order chi connectivity index (χ0) is 23.9. The molecule has 0 saturated heterocycles. The van der Waals surface area contributed by atoms with E-state index in [4.69, 9.17) is 9.84 Å². The summed E-state index contributed by atoms with van der Waals surface area (Å²) in [5.41, 5.74) is 3.95. The lowest BCUT2D eigenvalue weighted by atomic mass is 10.1. The molecule has 1 aromatic carbocycles. The predicted molar refractivity (Wildman–Crippen MR) is 124 cm³/mol. The van der Waals surface area contributed by atoms with Gasteiger partial charge in [-0.05, 0) is 37.3 Å². The summed E-state index contributed by atoms with van der Waals surface area (Å²) >= 11 is 0. The minimum Gasteiger partial charge on any atom is -0.494 e. The van der Waals surface area contributed by atoms with Crippen LogP contribution in [-0.2, 0) is 10.0 Å². The molecule has 0 fully saturated rings. The highest BCUT2D eigenvalue weighted by molar-refractivity contribution is 7.89. The second-order valence-corrected chi connectivity index (χ2v) is 9.25. The van der Waals surface area contributed by atoms with Gasteiger partial charge in [-0.1, -0.05) is 0 Å². The number of nitrogens with zero attached hydrogens (tertiary/aromatic N) is 6. The molecule has 0 unspecified atom stereocenters. The molecule has 12 heteroatoms. The highest BCUT2D eigenvalue weighted by Gasteiger charge is 2.20. The quantitative estimate of drug-likeness (QED) is 0.360. The van der Waals surface area contributed by atoms with Crippen LogP contribution >= 0.6 is 0 Å². The summed E-state index contributed by atoms with van der Waals surface area (Å²) in [5.74, 6) is 0.446.